The number of benzene rings is 1. The summed E-state index contributed by atoms with van der Waals surface area (Å²) in [5.41, 5.74) is 0.286. The zero-order chi connectivity index (χ0) is 10.3. The topological polar surface area (TPSA) is 60.7 Å². The van der Waals surface area contributed by atoms with Gasteiger partial charge in [0.2, 0.25) is 0 Å². The van der Waals surface area contributed by atoms with Gasteiger partial charge in [-0.1, -0.05) is 6.07 Å². The van der Waals surface area contributed by atoms with Gasteiger partial charge in [0, 0.05) is 15.2 Å². The predicted molar refractivity (Wildman–Crippen MR) is 61.0 cm³/mol. The van der Waals surface area contributed by atoms with Crippen molar-refractivity contribution in [3.63, 3.8) is 0 Å². The Hall–Kier alpha value is -0.555. The third-order valence-electron chi connectivity index (χ3n) is 1.93. The van der Waals surface area contributed by atoms with E-state index in [1.54, 1.807) is 6.07 Å². The van der Waals surface area contributed by atoms with Crippen LogP contribution in [0.4, 0.5) is 0 Å². The van der Waals surface area contributed by atoms with E-state index in [0.29, 0.717) is 0 Å². The molecule has 14 heavy (non-hydrogen) atoms. The highest BCUT2D eigenvalue weighted by atomic mass is 79.9. The molecule has 2 rings (SSSR count). The SMILES string of the molecule is OB(O)c1cc(O)c2scc(Br)c2c1. The minimum absolute atomic E-state index is 0.0706. The first kappa shape index (κ1) is 9.98. The van der Waals surface area contributed by atoms with Gasteiger partial charge in [0.25, 0.3) is 0 Å². The highest BCUT2D eigenvalue weighted by Gasteiger charge is 2.15. The van der Waals surface area contributed by atoms with Crippen molar-refractivity contribution in [1.82, 2.24) is 0 Å². The number of aromatic hydroxyl groups is 1. The van der Waals surface area contributed by atoms with E-state index in [1.165, 1.54) is 17.4 Å². The lowest BCUT2D eigenvalue weighted by molar-refractivity contribution is 0.425. The van der Waals surface area contributed by atoms with Crippen LogP contribution >= 0.6 is 27.3 Å². The van der Waals surface area contributed by atoms with Gasteiger partial charge in [0.05, 0.1) is 4.70 Å². The second-order valence-electron chi connectivity index (χ2n) is 2.87. The molecule has 1 heterocycles. The number of hydrogen-bond donors (Lipinski definition) is 3. The van der Waals surface area contributed by atoms with Crippen molar-refractivity contribution >= 4 is 49.9 Å². The van der Waals surface area contributed by atoms with E-state index < -0.39 is 7.12 Å². The fraction of sp³-hybridized carbons (Fsp3) is 0. The number of hydrogen-bond acceptors (Lipinski definition) is 4. The molecule has 3 nitrogen and oxygen atoms in total. The maximum absolute atomic E-state index is 9.58. The lowest BCUT2D eigenvalue weighted by Crippen LogP contribution is -2.29. The summed E-state index contributed by atoms with van der Waals surface area (Å²) in [7, 11) is -1.56. The molecule has 0 saturated carbocycles. The summed E-state index contributed by atoms with van der Waals surface area (Å²) < 4.78 is 1.58. The van der Waals surface area contributed by atoms with Crippen LogP contribution in [-0.4, -0.2) is 22.3 Å². The number of halogens is 1. The van der Waals surface area contributed by atoms with Crippen LogP contribution in [0.3, 0.4) is 0 Å². The smallest absolute Gasteiger partial charge is 0.488 e. The largest absolute Gasteiger partial charge is 0.506 e. The summed E-state index contributed by atoms with van der Waals surface area (Å²) in [5, 5.41) is 30.2. The fourth-order valence-electron chi connectivity index (χ4n) is 1.26. The van der Waals surface area contributed by atoms with E-state index >= 15 is 0 Å². The number of rotatable bonds is 1. The molecule has 3 N–H and O–H groups in total. The number of fused-ring (bicyclic) bond motifs is 1. The first-order chi connectivity index (χ1) is 6.59. The van der Waals surface area contributed by atoms with Crippen LogP contribution in [0.25, 0.3) is 10.1 Å². The Morgan fingerprint density at radius 1 is 1.29 bits per heavy atom. The van der Waals surface area contributed by atoms with E-state index in [2.05, 4.69) is 15.9 Å². The van der Waals surface area contributed by atoms with Crippen LogP contribution < -0.4 is 5.46 Å². The molecule has 0 bridgehead atoms. The number of thiophene rings is 1. The Labute approximate surface area is 92.9 Å². The van der Waals surface area contributed by atoms with Crippen molar-refractivity contribution in [1.29, 1.82) is 0 Å². The summed E-state index contributed by atoms with van der Waals surface area (Å²) in [6.45, 7) is 0. The zero-order valence-electron chi connectivity index (χ0n) is 6.94. The van der Waals surface area contributed by atoms with E-state index in [-0.39, 0.29) is 11.2 Å². The highest BCUT2D eigenvalue weighted by molar-refractivity contribution is 9.10. The van der Waals surface area contributed by atoms with Crippen LogP contribution in [0.1, 0.15) is 0 Å². The Morgan fingerprint density at radius 3 is 2.64 bits per heavy atom. The summed E-state index contributed by atoms with van der Waals surface area (Å²) in [5.74, 6) is 0.0706. The molecule has 1 aromatic carbocycles. The van der Waals surface area contributed by atoms with Gasteiger partial charge >= 0.3 is 7.12 Å². The molecule has 0 fully saturated rings. The summed E-state index contributed by atoms with van der Waals surface area (Å²) in [4.78, 5) is 0. The Morgan fingerprint density at radius 2 is 2.00 bits per heavy atom. The van der Waals surface area contributed by atoms with Gasteiger partial charge in [-0.2, -0.15) is 0 Å². The van der Waals surface area contributed by atoms with Crippen LogP contribution in [0, 0.1) is 0 Å². The van der Waals surface area contributed by atoms with Crippen LogP contribution in [0.5, 0.6) is 5.75 Å². The number of phenolic OH excluding ortho intramolecular Hbond substituents is 1. The molecule has 0 amide bonds. The molecule has 0 spiro atoms. The molecule has 1 aromatic heterocycles. The first-order valence-electron chi connectivity index (χ1n) is 3.85. The summed E-state index contributed by atoms with van der Waals surface area (Å²) >= 11 is 4.72. The van der Waals surface area contributed by atoms with Gasteiger partial charge in [0.15, 0.2) is 0 Å². The van der Waals surface area contributed by atoms with E-state index in [0.717, 1.165) is 14.6 Å². The molecule has 0 atom stereocenters. The van der Waals surface area contributed by atoms with E-state index in [1.807, 2.05) is 5.38 Å². The molecular formula is C8H6BBrO3S. The van der Waals surface area contributed by atoms with Gasteiger partial charge in [-0.05, 0) is 27.5 Å². The minimum atomic E-state index is -1.56. The number of phenols is 1. The van der Waals surface area contributed by atoms with Gasteiger partial charge in [-0.25, -0.2) is 0 Å². The average molecular weight is 273 g/mol. The molecular weight excluding hydrogens is 267 g/mol. The normalized spacial score (nSPS) is 10.8. The maximum Gasteiger partial charge on any atom is 0.488 e. The molecule has 0 aliphatic carbocycles. The van der Waals surface area contributed by atoms with Crippen LogP contribution in [0.2, 0.25) is 0 Å². The van der Waals surface area contributed by atoms with E-state index in [9.17, 15) is 5.11 Å². The monoisotopic (exact) mass is 272 g/mol. The standard InChI is InChI=1S/C8H6BBrO3S/c10-6-3-14-8-5(6)1-4(9(12)13)2-7(8)11/h1-3,11-13H. The van der Waals surface area contributed by atoms with E-state index in [4.69, 9.17) is 10.0 Å². The quantitative estimate of drug-likeness (QED) is 0.680. The fourth-order valence-corrected chi connectivity index (χ4v) is 2.81. The highest BCUT2D eigenvalue weighted by Crippen LogP contribution is 2.35. The molecule has 6 heteroatoms. The van der Waals surface area contributed by atoms with Gasteiger partial charge in [-0.3, -0.25) is 0 Å². The molecule has 0 aliphatic rings. The lowest BCUT2D eigenvalue weighted by atomic mass is 9.80. The predicted octanol–water partition coefficient (Wildman–Crippen LogP) is 1.05. The second-order valence-corrected chi connectivity index (χ2v) is 4.61. The van der Waals surface area contributed by atoms with Gasteiger partial charge < -0.3 is 15.2 Å². The third kappa shape index (κ3) is 1.54. The Balaban J connectivity index is 2.75. The van der Waals surface area contributed by atoms with Crippen molar-refractivity contribution < 1.29 is 15.2 Å². The summed E-state index contributed by atoms with van der Waals surface area (Å²) in [6, 6.07) is 3.00. The molecule has 2 aromatic rings. The van der Waals surface area contributed by atoms with Crippen molar-refractivity contribution in [2.24, 2.45) is 0 Å². The molecule has 72 valence electrons. The zero-order valence-corrected chi connectivity index (χ0v) is 9.34. The second kappa shape index (κ2) is 3.54. The van der Waals surface area contributed by atoms with Crippen molar-refractivity contribution in [2.45, 2.75) is 0 Å². The molecule has 0 saturated heterocycles. The lowest BCUT2D eigenvalue weighted by Gasteiger charge is -2.01. The summed E-state index contributed by atoms with van der Waals surface area (Å²) in [6.07, 6.45) is 0. The van der Waals surface area contributed by atoms with Crippen molar-refractivity contribution in [3.8, 4) is 5.75 Å². The third-order valence-corrected chi connectivity index (χ3v) is 3.90. The average Bonchev–Trinajstić information content (AvgIpc) is 2.48. The van der Waals surface area contributed by atoms with Crippen molar-refractivity contribution in [2.75, 3.05) is 0 Å². The van der Waals surface area contributed by atoms with Gasteiger partial charge in [0.1, 0.15) is 5.75 Å². The molecule has 0 aliphatic heterocycles. The van der Waals surface area contributed by atoms with Crippen molar-refractivity contribution in [3.05, 3.63) is 22.0 Å². The first-order valence-corrected chi connectivity index (χ1v) is 5.52. The molecule has 0 radical (unpaired) electrons. The minimum Gasteiger partial charge on any atom is -0.506 e. The Bertz CT molecular complexity index is 483. The maximum atomic E-state index is 9.58. The van der Waals surface area contributed by atoms with Gasteiger partial charge in [-0.15, -0.1) is 11.3 Å². The van der Waals surface area contributed by atoms with Crippen LogP contribution in [-0.2, 0) is 0 Å². The van der Waals surface area contributed by atoms with Crippen LogP contribution in [0.15, 0.2) is 22.0 Å². The Kier molecular flexibility index (Phi) is 2.53. The molecule has 0 unspecified atom stereocenters.